The van der Waals surface area contributed by atoms with Crippen LogP contribution in [-0.2, 0) is 4.74 Å². The molecule has 0 bridgehead atoms. The van der Waals surface area contributed by atoms with Crippen molar-refractivity contribution < 1.29 is 18.7 Å². The van der Waals surface area contributed by atoms with Crippen molar-refractivity contribution in [2.24, 2.45) is 0 Å². The Labute approximate surface area is 180 Å². The monoisotopic (exact) mass is 428 g/mol. The highest BCUT2D eigenvalue weighted by Gasteiger charge is 2.41. The fraction of sp³-hybridized carbons (Fsp3) is 0.500. The van der Waals surface area contributed by atoms with Gasteiger partial charge in [0.15, 0.2) is 11.5 Å². The Kier molecular flexibility index (Phi) is 5.36. The lowest BCUT2D eigenvalue weighted by Crippen LogP contribution is -2.37. The molecule has 0 unspecified atom stereocenters. The van der Waals surface area contributed by atoms with E-state index < -0.39 is 23.9 Å². The first kappa shape index (κ1) is 21.1. The van der Waals surface area contributed by atoms with Crippen molar-refractivity contribution in [1.29, 1.82) is 0 Å². The maximum Gasteiger partial charge on any atom is 0.411 e. The van der Waals surface area contributed by atoms with Crippen molar-refractivity contribution in [3.63, 3.8) is 0 Å². The van der Waals surface area contributed by atoms with Gasteiger partial charge in [-0.3, -0.25) is 4.90 Å². The first-order valence-corrected chi connectivity index (χ1v) is 10.3. The number of alkyl halides is 1. The lowest BCUT2D eigenvalue weighted by molar-refractivity contribution is 0.0210. The van der Waals surface area contributed by atoms with Gasteiger partial charge in [0.2, 0.25) is 13.4 Å². The largest absolute Gasteiger partial charge is 0.494 e. The topological polar surface area (TPSA) is 93.9 Å². The molecular formula is C20H26BFN6O3. The molecule has 1 saturated heterocycles. The lowest BCUT2D eigenvalue weighted by atomic mass is 10.0. The van der Waals surface area contributed by atoms with Crippen LogP contribution < -0.4 is 9.96 Å². The molecule has 3 heterocycles. The van der Waals surface area contributed by atoms with Crippen molar-refractivity contribution in [3.05, 3.63) is 24.0 Å². The Morgan fingerprint density at radius 1 is 1.32 bits per heavy atom. The molecule has 2 atom stereocenters. The predicted molar refractivity (Wildman–Crippen MR) is 117 cm³/mol. The molecule has 31 heavy (non-hydrogen) atoms. The first-order chi connectivity index (χ1) is 14.7. The molecule has 1 aliphatic heterocycles. The van der Waals surface area contributed by atoms with Crippen molar-refractivity contribution in [2.75, 3.05) is 18.9 Å². The van der Waals surface area contributed by atoms with E-state index >= 15 is 0 Å². The third kappa shape index (κ3) is 3.96. The number of carbonyl (C=O) groups excluding carboxylic acids is 1. The zero-order chi connectivity index (χ0) is 22.3. The quantitative estimate of drug-likeness (QED) is 0.639. The van der Waals surface area contributed by atoms with E-state index in [4.69, 9.17) is 14.5 Å². The van der Waals surface area contributed by atoms with E-state index in [1.54, 1.807) is 32.4 Å². The van der Waals surface area contributed by atoms with Gasteiger partial charge in [-0.25, -0.2) is 19.2 Å². The summed E-state index contributed by atoms with van der Waals surface area (Å²) >= 11 is 0. The molecule has 1 aromatic carbocycles. The number of halogens is 1. The number of hydrogen-bond acceptors (Lipinski definition) is 7. The molecule has 3 aromatic rings. The second-order valence-electron chi connectivity index (χ2n) is 8.51. The molecule has 0 spiro atoms. The maximum absolute atomic E-state index is 14.4. The number of aromatic nitrogens is 4. The normalized spacial score (nSPS) is 19.1. The number of hydrogen-bond donors (Lipinski definition) is 1. The number of para-hydroxylation sites is 1. The molecule has 9 nitrogen and oxygen atoms in total. The summed E-state index contributed by atoms with van der Waals surface area (Å²) in [7, 11) is 2.21. The van der Waals surface area contributed by atoms with Crippen LogP contribution in [0.3, 0.4) is 0 Å². The van der Waals surface area contributed by atoms with Crippen LogP contribution in [0.4, 0.5) is 15.1 Å². The summed E-state index contributed by atoms with van der Waals surface area (Å²) in [4.78, 5) is 23.4. The average Bonchev–Trinajstić information content (AvgIpc) is 3.30. The molecule has 2 aromatic heterocycles. The van der Waals surface area contributed by atoms with E-state index in [0.717, 1.165) is 5.39 Å². The molecule has 0 radical (unpaired) electrons. The second-order valence-corrected chi connectivity index (χ2v) is 8.51. The molecule has 11 heteroatoms. The van der Waals surface area contributed by atoms with Crippen LogP contribution >= 0.6 is 0 Å². The van der Waals surface area contributed by atoms with Crippen LogP contribution in [0.5, 0.6) is 5.75 Å². The number of amides is 1. The van der Waals surface area contributed by atoms with Crippen LogP contribution in [0, 0.1) is 0 Å². The van der Waals surface area contributed by atoms with E-state index in [0.29, 0.717) is 36.1 Å². The van der Waals surface area contributed by atoms with E-state index in [-0.39, 0.29) is 13.0 Å². The predicted octanol–water partition coefficient (Wildman–Crippen LogP) is 3.12. The molecule has 1 aliphatic rings. The second kappa shape index (κ2) is 7.86. The number of benzene rings is 1. The summed E-state index contributed by atoms with van der Waals surface area (Å²) in [6.45, 7) is 7.23. The van der Waals surface area contributed by atoms with Gasteiger partial charge in [0.25, 0.3) is 0 Å². The molecule has 4 rings (SSSR count). The Morgan fingerprint density at radius 2 is 2.10 bits per heavy atom. The van der Waals surface area contributed by atoms with Crippen molar-refractivity contribution >= 4 is 36.0 Å². The van der Waals surface area contributed by atoms with Gasteiger partial charge in [-0.2, -0.15) is 4.52 Å². The fourth-order valence-electron chi connectivity index (χ4n) is 3.75. The Hall–Kier alpha value is -3.11. The van der Waals surface area contributed by atoms with Crippen LogP contribution in [0.25, 0.3) is 16.6 Å². The minimum absolute atomic E-state index is 0.0536. The summed E-state index contributed by atoms with van der Waals surface area (Å²) in [5.41, 5.74) is 0.518. The van der Waals surface area contributed by atoms with Crippen LogP contribution in [-0.4, -0.2) is 63.4 Å². The van der Waals surface area contributed by atoms with Gasteiger partial charge in [-0.15, -0.1) is 5.10 Å². The van der Waals surface area contributed by atoms with Gasteiger partial charge in [0, 0.05) is 11.8 Å². The third-order valence-corrected chi connectivity index (χ3v) is 5.01. The van der Waals surface area contributed by atoms with Crippen LogP contribution in [0.1, 0.15) is 39.1 Å². The molecule has 164 valence electrons. The molecule has 0 saturated carbocycles. The van der Waals surface area contributed by atoms with E-state index in [2.05, 4.69) is 15.3 Å². The number of anilines is 1. The highest BCUT2D eigenvalue weighted by molar-refractivity contribution is 6.38. The molecular weight excluding hydrogens is 402 g/mol. The van der Waals surface area contributed by atoms with Crippen LogP contribution in [0.15, 0.2) is 18.2 Å². The van der Waals surface area contributed by atoms with Crippen molar-refractivity contribution in [2.45, 2.75) is 51.8 Å². The molecule has 1 N–H and O–H groups in total. The minimum Gasteiger partial charge on any atom is -0.494 e. The molecule has 1 amide bonds. The Morgan fingerprint density at radius 3 is 2.77 bits per heavy atom. The molecule has 0 aliphatic carbocycles. The van der Waals surface area contributed by atoms with Gasteiger partial charge in [-0.1, -0.05) is 12.9 Å². The summed E-state index contributed by atoms with van der Waals surface area (Å²) in [5.74, 6) is 1.46. The number of likely N-dealkylation sites (tertiary alicyclic amines) is 1. The Balaban J connectivity index is 1.83. The maximum atomic E-state index is 14.4. The summed E-state index contributed by atoms with van der Waals surface area (Å²) in [5, 5.41) is 8.54. The number of rotatable bonds is 4. The zero-order valence-corrected chi connectivity index (χ0v) is 18.3. The number of nitrogens with zero attached hydrogens (tertiary/aromatic N) is 5. The standard InChI is InChI=1S/C20H26BFN6O3/c1-20(2,3)31-19(29)27-10-11(22)9-13(27)16-24-17-12-7-6-8-14(30-5)15(12)23-18(25-21-4)28(17)26-16/h6-8,11,13,21H,9-10H2,1-5H3,(H,23,25)/t11-,13+/m1/s1. The highest BCUT2D eigenvalue weighted by Crippen LogP contribution is 2.35. The van der Waals surface area contributed by atoms with Gasteiger partial charge in [-0.05, 0) is 32.9 Å². The number of nitrogens with one attached hydrogen (secondary N) is 1. The Bertz CT molecular complexity index is 1130. The van der Waals surface area contributed by atoms with E-state index in [1.807, 2.05) is 25.0 Å². The average molecular weight is 428 g/mol. The van der Waals surface area contributed by atoms with Gasteiger partial charge in [0.05, 0.1) is 19.7 Å². The minimum atomic E-state index is -1.17. The van der Waals surface area contributed by atoms with Gasteiger partial charge >= 0.3 is 6.09 Å². The third-order valence-electron chi connectivity index (χ3n) is 5.01. The van der Waals surface area contributed by atoms with Gasteiger partial charge in [0.1, 0.15) is 23.0 Å². The smallest absolute Gasteiger partial charge is 0.411 e. The first-order valence-electron chi connectivity index (χ1n) is 10.3. The number of fused-ring (bicyclic) bond motifs is 3. The molecule has 1 fully saturated rings. The van der Waals surface area contributed by atoms with E-state index in [1.165, 1.54) is 4.90 Å². The highest BCUT2D eigenvalue weighted by atomic mass is 19.1. The van der Waals surface area contributed by atoms with Crippen molar-refractivity contribution in [3.8, 4) is 5.75 Å². The number of ether oxygens (including phenoxy) is 2. The number of methoxy groups -OCH3 is 1. The lowest BCUT2D eigenvalue weighted by Gasteiger charge is -2.27. The number of carbonyl (C=O) groups is 1. The van der Waals surface area contributed by atoms with Gasteiger partial charge < -0.3 is 14.7 Å². The summed E-state index contributed by atoms with van der Waals surface area (Å²) in [6.07, 6.45) is -1.64. The summed E-state index contributed by atoms with van der Waals surface area (Å²) in [6, 6.07) is 4.94. The SMILES string of the molecule is CBNc1nc2c(OC)cccc2c2nc([C@@H]3C[C@@H](F)CN3C(=O)OC(C)(C)C)nn12. The van der Waals surface area contributed by atoms with E-state index in [9.17, 15) is 9.18 Å². The van der Waals surface area contributed by atoms with Crippen molar-refractivity contribution in [1.82, 2.24) is 24.5 Å². The van der Waals surface area contributed by atoms with Crippen LogP contribution in [0.2, 0.25) is 6.82 Å². The fourth-order valence-corrected chi connectivity index (χ4v) is 3.75. The summed E-state index contributed by atoms with van der Waals surface area (Å²) < 4.78 is 26.9. The zero-order valence-electron chi connectivity index (χ0n) is 18.3.